The number of unbranched alkanes of at least 4 members (excludes halogenated alkanes) is 1. The zero-order valence-corrected chi connectivity index (χ0v) is 38.4. The molecule has 2 saturated heterocycles. The molecule has 5 rings (SSSR count). The van der Waals surface area contributed by atoms with Gasteiger partial charge in [0.25, 0.3) is 0 Å². The molecule has 7 amide bonds. The number of benzene rings is 2. The first-order valence-corrected chi connectivity index (χ1v) is 23.3. The van der Waals surface area contributed by atoms with Crippen molar-refractivity contribution in [2.45, 2.75) is 141 Å². The maximum absolute atomic E-state index is 14.5. The van der Waals surface area contributed by atoms with E-state index < -0.39 is 71.8 Å². The summed E-state index contributed by atoms with van der Waals surface area (Å²) in [7, 11) is 0. The Morgan fingerprint density at radius 3 is 2.05 bits per heavy atom. The molecular formula is C48H70N10O7. The summed E-state index contributed by atoms with van der Waals surface area (Å²) in [5, 5.41) is 12.3. The monoisotopic (exact) mass is 899 g/mol. The molecule has 0 spiro atoms. The van der Waals surface area contributed by atoms with Crippen LogP contribution in [0, 0.1) is 11.8 Å². The highest BCUT2D eigenvalue weighted by Crippen LogP contribution is 2.27. The van der Waals surface area contributed by atoms with Crippen LogP contribution in [0.5, 0.6) is 0 Å². The van der Waals surface area contributed by atoms with Crippen molar-refractivity contribution in [3.63, 3.8) is 0 Å². The van der Waals surface area contributed by atoms with Gasteiger partial charge >= 0.3 is 0 Å². The molecule has 3 heterocycles. The smallest absolute Gasteiger partial charge is 0.246 e. The van der Waals surface area contributed by atoms with Gasteiger partial charge in [-0.3, -0.25) is 33.6 Å². The van der Waals surface area contributed by atoms with Gasteiger partial charge in [-0.15, -0.1) is 0 Å². The molecule has 17 heteroatoms. The standard InChI is InChI=1S/C48H70N10O7/c1-5-30(4)41(56-43(60)34(50)25-29(2)3)48(65)58-24-14-21-40(58)47(64)57-23-13-20-39(57)46(63)55-37(26-31-15-7-6-8-16-31)44(61)54-38(27-32-28-52-35-18-10-9-17-33(32)35)45(62)53-36(42(51)59)19-11-12-22-49/h6-10,15-18,28-30,34,36-41,52H,5,11-14,19-27,49-50H2,1-4H3,(H2,51,59)(H,53,62)(H,54,61)(H,55,63)(H,56,60)/t30-,34-,36-,37-,38-,39-,40-,41-/m0/s1. The summed E-state index contributed by atoms with van der Waals surface area (Å²) in [6.45, 7) is 8.76. The molecule has 0 saturated carbocycles. The Balaban J connectivity index is 1.36. The van der Waals surface area contributed by atoms with E-state index in [1.54, 1.807) is 6.20 Å². The minimum absolute atomic E-state index is 0.0513. The lowest BCUT2D eigenvalue weighted by Crippen LogP contribution is -2.60. The number of carbonyl (C=O) groups is 7. The van der Waals surface area contributed by atoms with Gasteiger partial charge in [0, 0.05) is 43.0 Å². The molecule has 0 unspecified atom stereocenters. The second kappa shape index (κ2) is 23.9. The van der Waals surface area contributed by atoms with Crippen LogP contribution in [-0.2, 0) is 46.4 Å². The van der Waals surface area contributed by atoms with Gasteiger partial charge in [0.05, 0.1) is 6.04 Å². The number of hydrogen-bond acceptors (Lipinski definition) is 9. The van der Waals surface area contributed by atoms with Gasteiger partial charge in [0.1, 0.15) is 36.3 Å². The van der Waals surface area contributed by atoms with Crippen LogP contribution in [0.3, 0.4) is 0 Å². The Kier molecular flexibility index (Phi) is 18.5. The van der Waals surface area contributed by atoms with E-state index in [9.17, 15) is 33.6 Å². The first-order valence-electron chi connectivity index (χ1n) is 23.3. The van der Waals surface area contributed by atoms with Crippen LogP contribution in [0.25, 0.3) is 10.9 Å². The number of H-pyrrole nitrogens is 1. The fraction of sp³-hybridized carbons (Fsp3) is 0.562. The SMILES string of the molecule is CC[C@H](C)[C@H](NC(=O)[C@@H](N)CC(C)C)C(=O)N1CCC[C@H]1C(=O)N1CCC[C@H]1C(=O)N[C@@H](Cc1ccccc1)C(=O)N[C@@H](Cc1c[nH]c2ccccc12)C(=O)N[C@@H](CCCCN)C(N)=O. The van der Waals surface area contributed by atoms with Crippen LogP contribution in [0.4, 0.5) is 0 Å². The molecular weight excluding hydrogens is 829 g/mol. The van der Waals surface area contributed by atoms with Crippen molar-refractivity contribution in [1.82, 2.24) is 36.1 Å². The zero-order valence-electron chi connectivity index (χ0n) is 38.4. The summed E-state index contributed by atoms with van der Waals surface area (Å²) in [6.07, 6.45) is 6.22. The highest BCUT2D eigenvalue weighted by Gasteiger charge is 2.45. The predicted octanol–water partition coefficient (Wildman–Crippen LogP) is 1.91. The number of aromatic nitrogens is 1. The Morgan fingerprint density at radius 2 is 1.38 bits per heavy atom. The summed E-state index contributed by atoms with van der Waals surface area (Å²) in [5.41, 5.74) is 19.9. The highest BCUT2D eigenvalue weighted by molar-refractivity contribution is 5.98. The maximum Gasteiger partial charge on any atom is 0.246 e. The second-order valence-electron chi connectivity index (χ2n) is 18.1. The van der Waals surface area contributed by atoms with Crippen molar-refractivity contribution in [1.29, 1.82) is 0 Å². The molecule has 0 aliphatic carbocycles. The molecule has 354 valence electrons. The van der Waals surface area contributed by atoms with Gasteiger partial charge in [-0.25, -0.2) is 0 Å². The van der Waals surface area contributed by atoms with E-state index in [4.69, 9.17) is 17.2 Å². The lowest BCUT2D eigenvalue weighted by molar-refractivity contribution is -0.148. The molecule has 17 nitrogen and oxygen atoms in total. The first kappa shape index (κ1) is 50.2. The van der Waals surface area contributed by atoms with Gasteiger partial charge in [-0.2, -0.15) is 0 Å². The third-order valence-electron chi connectivity index (χ3n) is 12.8. The molecule has 2 aliphatic rings. The number of nitrogens with two attached hydrogens (primary N) is 3. The molecule has 11 N–H and O–H groups in total. The number of hydrogen-bond donors (Lipinski definition) is 8. The van der Waals surface area contributed by atoms with Crippen molar-refractivity contribution < 1.29 is 33.6 Å². The Hall–Kier alpha value is -5.81. The molecule has 2 fully saturated rings. The molecule has 3 aromatic rings. The highest BCUT2D eigenvalue weighted by atomic mass is 16.2. The third-order valence-corrected chi connectivity index (χ3v) is 12.8. The van der Waals surface area contributed by atoms with Crippen LogP contribution in [0.1, 0.15) is 96.6 Å². The van der Waals surface area contributed by atoms with Gasteiger partial charge < -0.3 is 53.3 Å². The normalized spacial score (nSPS) is 18.9. The number of likely N-dealkylation sites (tertiary alicyclic amines) is 2. The van der Waals surface area contributed by atoms with Crippen LogP contribution >= 0.6 is 0 Å². The quantitative estimate of drug-likeness (QED) is 0.0646. The molecule has 0 bridgehead atoms. The molecule has 1 aromatic heterocycles. The molecule has 0 radical (unpaired) electrons. The molecule has 2 aromatic carbocycles. The number of carbonyl (C=O) groups excluding carboxylic acids is 7. The van der Waals surface area contributed by atoms with E-state index in [1.165, 1.54) is 9.80 Å². The van der Waals surface area contributed by atoms with E-state index in [2.05, 4.69) is 26.3 Å². The van der Waals surface area contributed by atoms with Gasteiger partial charge in [0.2, 0.25) is 41.4 Å². The number of nitrogens with one attached hydrogen (secondary N) is 5. The largest absolute Gasteiger partial charge is 0.368 e. The second-order valence-corrected chi connectivity index (χ2v) is 18.1. The lowest BCUT2D eigenvalue weighted by atomic mass is 9.96. The molecule has 65 heavy (non-hydrogen) atoms. The van der Waals surface area contributed by atoms with Crippen molar-refractivity contribution >= 4 is 52.3 Å². The molecule has 2 aliphatic heterocycles. The minimum Gasteiger partial charge on any atom is -0.368 e. The number of primary amides is 1. The third kappa shape index (κ3) is 13.4. The summed E-state index contributed by atoms with van der Waals surface area (Å²) in [6, 6.07) is 9.87. The zero-order chi connectivity index (χ0) is 47.2. The Bertz CT molecular complexity index is 2110. The number of para-hydroxylation sites is 1. The summed E-state index contributed by atoms with van der Waals surface area (Å²) in [4.78, 5) is 104. The molecule has 8 atom stereocenters. The first-order chi connectivity index (χ1) is 31.1. The fourth-order valence-electron chi connectivity index (χ4n) is 8.90. The lowest BCUT2D eigenvalue weighted by Gasteiger charge is -2.35. The number of nitrogens with zero attached hydrogens (tertiary/aromatic N) is 2. The summed E-state index contributed by atoms with van der Waals surface area (Å²) in [5.74, 6) is -3.71. The summed E-state index contributed by atoms with van der Waals surface area (Å²) < 4.78 is 0. The van der Waals surface area contributed by atoms with E-state index in [0.29, 0.717) is 64.5 Å². The van der Waals surface area contributed by atoms with Crippen molar-refractivity contribution in [3.05, 3.63) is 71.9 Å². The topological polar surface area (TPSA) is 268 Å². The van der Waals surface area contributed by atoms with E-state index in [0.717, 1.165) is 22.0 Å². The summed E-state index contributed by atoms with van der Waals surface area (Å²) >= 11 is 0. The van der Waals surface area contributed by atoms with Crippen molar-refractivity contribution in [3.8, 4) is 0 Å². The van der Waals surface area contributed by atoms with Crippen molar-refractivity contribution in [2.24, 2.45) is 29.0 Å². The average molecular weight is 899 g/mol. The number of aromatic amines is 1. The number of fused-ring (bicyclic) bond motifs is 1. The van der Waals surface area contributed by atoms with Gasteiger partial charge in [-0.1, -0.05) is 82.6 Å². The van der Waals surface area contributed by atoms with Crippen LogP contribution < -0.4 is 38.5 Å². The predicted molar refractivity (Wildman–Crippen MR) is 248 cm³/mol. The van der Waals surface area contributed by atoms with Crippen molar-refractivity contribution in [2.75, 3.05) is 19.6 Å². The fourth-order valence-corrected chi connectivity index (χ4v) is 8.90. The van der Waals surface area contributed by atoms with Gasteiger partial charge in [-0.05, 0) is 86.9 Å². The average Bonchev–Trinajstić information content (AvgIpc) is 4.08. The minimum atomic E-state index is -1.18. The van der Waals surface area contributed by atoms with Crippen LogP contribution in [0.15, 0.2) is 60.8 Å². The Morgan fingerprint density at radius 1 is 0.754 bits per heavy atom. The van der Waals surface area contributed by atoms with Crippen LogP contribution in [0.2, 0.25) is 0 Å². The van der Waals surface area contributed by atoms with E-state index in [1.807, 2.05) is 82.3 Å². The number of rotatable bonds is 23. The number of amides is 7. The van der Waals surface area contributed by atoms with E-state index >= 15 is 0 Å². The van der Waals surface area contributed by atoms with Crippen LogP contribution in [-0.4, -0.2) is 118 Å². The van der Waals surface area contributed by atoms with Gasteiger partial charge in [0.15, 0.2) is 0 Å². The van der Waals surface area contributed by atoms with E-state index in [-0.39, 0.29) is 49.5 Å². The maximum atomic E-state index is 14.5. The Labute approximate surface area is 382 Å².